The molecule has 22 heavy (non-hydrogen) atoms. The fourth-order valence-corrected chi connectivity index (χ4v) is 4.41. The first-order valence-electron chi connectivity index (χ1n) is 7.30. The number of sulfonamides is 1. The molecule has 3 heterocycles. The summed E-state index contributed by atoms with van der Waals surface area (Å²) in [6.07, 6.45) is 4.08. The summed E-state index contributed by atoms with van der Waals surface area (Å²) in [4.78, 5) is 8.49. The van der Waals surface area contributed by atoms with Gasteiger partial charge in [0, 0.05) is 19.8 Å². The van der Waals surface area contributed by atoms with Crippen LogP contribution in [0.1, 0.15) is 42.8 Å². The minimum absolute atomic E-state index is 0.0895. The number of aromatic amines is 1. The van der Waals surface area contributed by atoms with Crippen LogP contribution < -0.4 is 0 Å². The molecule has 1 saturated heterocycles. The lowest BCUT2D eigenvalue weighted by atomic mass is 10.0. The molecule has 0 aromatic carbocycles. The second-order valence-corrected chi connectivity index (χ2v) is 7.48. The number of aromatic nitrogens is 5. The fraction of sp³-hybridized carbons (Fsp3) is 0.615. The Hall–Kier alpha value is -1.74. The Balaban J connectivity index is 1.99. The molecule has 0 spiro atoms. The average molecular weight is 324 g/mol. The molecule has 0 saturated carbocycles. The predicted molar refractivity (Wildman–Crippen MR) is 79.5 cm³/mol. The zero-order valence-electron chi connectivity index (χ0n) is 12.9. The molecule has 1 aliphatic heterocycles. The molecule has 0 aliphatic carbocycles. The molecule has 2 aromatic rings. The van der Waals surface area contributed by atoms with E-state index in [0.29, 0.717) is 24.0 Å². The Morgan fingerprint density at radius 2 is 2.05 bits per heavy atom. The van der Waals surface area contributed by atoms with Crippen LogP contribution in [0.5, 0.6) is 0 Å². The Morgan fingerprint density at radius 1 is 1.27 bits per heavy atom. The van der Waals surface area contributed by atoms with E-state index in [1.54, 1.807) is 31.7 Å². The highest BCUT2D eigenvalue weighted by Gasteiger charge is 2.37. The van der Waals surface area contributed by atoms with Gasteiger partial charge in [0.05, 0.1) is 6.04 Å². The summed E-state index contributed by atoms with van der Waals surface area (Å²) in [5.41, 5.74) is 0. The van der Waals surface area contributed by atoms with E-state index >= 15 is 0 Å². The van der Waals surface area contributed by atoms with Gasteiger partial charge in [-0.1, -0.05) is 6.42 Å². The van der Waals surface area contributed by atoms with Gasteiger partial charge in [0.25, 0.3) is 10.0 Å². The van der Waals surface area contributed by atoms with Crippen LogP contribution >= 0.6 is 0 Å². The van der Waals surface area contributed by atoms with E-state index in [0.717, 1.165) is 19.3 Å². The summed E-state index contributed by atoms with van der Waals surface area (Å²) in [7, 11) is -1.86. The Bertz CT molecular complexity index is 759. The SMILES string of the molecule is Cc1nc([C@@H]2CCCCN2S(=O)(=O)c2cn(C)c(C)n2)n[nH]1. The highest BCUT2D eigenvalue weighted by atomic mass is 32.2. The number of piperidine rings is 1. The Labute approximate surface area is 129 Å². The van der Waals surface area contributed by atoms with E-state index in [-0.39, 0.29) is 11.1 Å². The van der Waals surface area contributed by atoms with Crippen molar-refractivity contribution in [2.75, 3.05) is 6.54 Å². The topological polar surface area (TPSA) is 96.8 Å². The molecular formula is C13H20N6O2S. The molecule has 0 bridgehead atoms. The molecule has 2 aromatic heterocycles. The van der Waals surface area contributed by atoms with Gasteiger partial charge in [0.2, 0.25) is 0 Å². The normalized spacial score (nSPS) is 20.4. The van der Waals surface area contributed by atoms with Crippen LogP contribution in [0.4, 0.5) is 0 Å². The standard InChI is InChI=1S/C13H20N6O2S/c1-9-14-13(17-16-9)11-6-4-5-7-19(11)22(20,21)12-8-18(3)10(2)15-12/h8,11H,4-7H2,1-3H3,(H,14,16,17)/t11-/m0/s1. The first-order valence-corrected chi connectivity index (χ1v) is 8.74. The van der Waals surface area contributed by atoms with Gasteiger partial charge in [-0.3, -0.25) is 5.10 Å². The summed E-state index contributed by atoms with van der Waals surface area (Å²) in [5, 5.41) is 7.03. The van der Waals surface area contributed by atoms with Crippen molar-refractivity contribution in [3.05, 3.63) is 23.7 Å². The number of rotatable bonds is 3. The number of nitrogens with one attached hydrogen (secondary N) is 1. The van der Waals surface area contributed by atoms with Crippen molar-refractivity contribution in [1.82, 2.24) is 29.0 Å². The minimum atomic E-state index is -3.64. The van der Waals surface area contributed by atoms with Gasteiger partial charge < -0.3 is 4.57 Å². The van der Waals surface area contributed by atoms with E-state index in [1.165, 1.54) is 4.31 Å². The third-order valence-electron chi connectivity index (χ3n) is 4.03. The molecule has 1 fully saturated rings. The number of nitrogens with zero attached hydrogens (tertiary/aromatic N) is 5. The summed E-state index contributed by atoms with van der Waals surface area (Å²) < 4.78 is 29.1. The van der Waals surface area contributed by atoms with Crippen LogP contribution in [0.3, 0.4) is 0 Å². The summed E-state index contributed by atoms with van der Waals surface area (Å²) in [6.45, 7) is 4.06. The van der Waals surface area contributed by atoms with Gasteiger partial charge in [-0.15, -0.1) is 0 Å². The third kappa shape index (κ3) is 2.54. The molecule has 1 atom stereocenters. The van der Waals surface area contributed by atoms with E-state index in [2.05, 4.69) is 20.2 Å². The number of H-pyrrole nitrogens is 1. The fourth-order valence-electron chi connectivity index (χ4n) is 2.73. The zero-order chi connectivity index (χ0) is 15.9. The summed E-state index contributed by atoms with van der Waals surface area (Å²) in [5.74, 6) is 1.89. The average Bonchev–Trinajstić information content (AvgIpc) is 3.06. The van der Waals surface area contributed by atoms with E-state index in [4.69, 9.17) is 0 Å². The number of aryl methyl sites for hydroxylation is 3. The molecule has 8 nitrogen and oxygen atoms in total. The summed E-state index contributed by atoms with van der Waals surface area (Å²) in [6, 6.07) is -0.328. The summed E-state index contributed by atoms with van der Waals surface area (Å²) >= 11 is 0. The van der Waals surface area contributed by atoms with Gasteiger partial charge in [0.15, 0.2) is 10.9 Å². The highest BCUT2D eigenvalue weighted by molar-refractivity contribution is 7.89. The van der Waals surface area contributed by atoms with Crippen molar-refractivity contribution >= 4 is 10.0 Å². The molecule has 0 amide bonds. The maximum atomic E-state index is 12.9. The number of imidazole rings is 1. The maximum Gasteiger partial charge on any atom is 0.262 e. The van der Waals surface area contributed by atoms with Crippen LogP contribution in [0, 0.1) is 13.8 Å². The third-order valence-corrected chi connectivity index (χ3v) is 5.81. The van der Waals surface area contributed by atoms with Crippen LogP contribution in [-0.4, -0.2) is 44.0 Å². The van der Waals surface area contributed by atoms with E-state index < -0.39 is 10.0 Å². The molecule has 1 aliphatic rings. The molecule has 120 valence electrons. The molecule has 0 unspecified atom stereocenters. The lowest BCUT2D eigenvalue weighted by Gasteiger charge is -2.32. The number of hydrogen-bond acceptors (Lipinski definition) is 5. The largest absolute Gasteiger partial charge is 0.337 e. The van der Waals surface area contributed by atoms with Gasteiger partial charge in [-0.2, -0.15) is 9.40 Å². The minimum Gasteiger partial charge on any atom is -0.337 e. The van der Waals surface area contributed by atoms with Crippen LogP contribution in [-0.2, 0) is 17.1 Å². The molecule has 3 rings (SSSR count). The van der Waals surface area contributed by atoms with E-state index in [9.17, 15) is 8.42 Å². The van der Waals surface area contributed by atoms with E-state index in [1.807, 2.05) is 0 Å². The second kappa shape index (κ2) is 5.47. The predicted octanol–water partition coefficient (Wildman–Crippen LogP) is 1.07. The van der Waals surface area contributed by atoms with Crippen molar-refractivity contribution in [2.24, 2.45) is 7.05 Å². The number of hydrogen-bond donors (Lipinski definition) is 1. The first-order chi connectivity index (χ1) is 10.4. The quantitative estimate of drug-likeness (QED) is 0.911. The Morgan fingerprint density at radius 3 is 2.64 bits per heavy atom. The zero-order valence-corrected chi connectivity index (χ0v) is 13.8. The first kappa shape index (κ1) is 15.2. The van der Waals surface area contributed by atoms with Crippen LogP contribution in [0.15, 0.2) is 11.2 Å². The van der Waals surface area contributed by atoms with Crippen molar-refractivity contribution < 1.29 is 8.42 Å². The van der Waals surface area contributed by atoms with Crippen molar-refractivity contribution in [3.63, 3.8) is 0 Å². The van der Waals surface area contributed by atoms with Crippen molar-refractivity contribution in [3.8, 4) is 0 Å². The van der Waals surface area contributed by atoms with Gasteiger partial charge >= 0.3 is 0 Å². The van der Waals surface area contributed by atoms with Gasteiger partial charge in [-0.25, -0.2) is 18.4 Å². The second-order valence-electron chi connectivity index (χ2n) is 5.64. The van der Waals surface area contributed by atoms with Gasteiger partial charge in [0.1, 0.15) is 11.6 Å². The molecule has 9 heteroatoms. The van der Waals surface area contributed by atoms with Crippen LogP contribution in [0.2, 0.25) is 0 Å². The monoisotopic (exact) mass is 324 g/mol. The molecular weight excluding hydrogens is 304 g/mol. The Kier molecular flexibility index (Phi) is 3.77. The van der Waals surface area contributed by atoms with Crippen molar-refractivity contribution in [2.45, 2.75) is 44.2 Å². The van der Waals surface area contributed by atoms with Crippen molar-refractivity contribution in [1.29, 1.82) is 0 Å². The smallest absolute Gasteiger partial charge is 0.262 e. The highest BCUT2D eigenvalue weighted by Crippen LogP contribution is 2.33. The molecule has 1 N–H and O–H groups in total. The van der Waals surface area contributed by atoms with Crippen LogP contribution in [0.25, 0.3) is 0 Å². The molecule has 0 radical (unpaired) electrons. The van der Waals surface area contributed by atoms with Gasteiger partial charge in [-0.05, 0) is 26.7 Å². The lowest BCUT2D eigenvalue weighted by Crippen LogP contribution is -2.39. The maximum absolute atomic E-state index is 12.9. The lowest BCUT2D eigenvalue weighted by molar-refractivity contribution is 0.246.